The topological polar surface area (TPSA) is 44.5 Å². The Labute approximate surface area is 90.2 Å². The highest BCUT2D eigenvalue weighted by atomic mass is 16.5. The molecule has 1 aromatic carbocycles. The zero-order chi connectivity index (χ0) is 10.8. The Bertz CT molecular complexity index is 363. The molecule has 0 saturated heterocycles. The van der Waals surface area contributed by atoms with Crippen molar-refractivity contribution < 1.29 is 9.47 Å². The van der Waals surface area contributed by atoms with Crippen LogP contribution in [0.3, 0.4) is 0 Å². The third kappa shape index (κ3) is 1.67. The molecule has 82 valence electrons. The van der Waals surface area contributed by atoms with E-state index >= 15 is 0 Å². The van der Waals surface area contributed by atoms with E-state index in [9.17, 15) is 0 Å². The van der Waals surface area contributed by atoms with Gasteiger partial charge in [0.25, 0.3) is 0 Å². The van der Waals surface area contributed by atoms with Gasteiger partial charge in [-0.1, -0.05) is 0 Å². The number of fused-ring (bicyclic) bond motifs is 1. The highest BCUT2D eigenvalue weighted by Gasteiger charge is 2.25. The lowest BCUT2D eigenvalue weighted by atomic mass is 10.0. The number of hydrogen-bond donors (Lipinski definition) is 1. The maximum Gasteiger partial charge on any atom is 0.126 e. The number of aryl methyl sites for hydroxylation is 1. The molecule has 0 amide bonds. The van der Waals surface area contributed by atoms with Crippen LogP contribution in [0.25, 0.3) is 0 Å². The summed E-state index contributed by atoms with van der Waals surface area (Å²) in [5.41, 5.74) is 8.36. The zero-order valence-corrected chi connectivity index (χ0v) is 9.25. The van der Waals surface area contributed by atoms with E-state index in [0.717, 1.165) is 24.3 Å². The second-order valence-electron chi connectivity index (χ2n) is 3.87. The second kappa shape index (κ2) is 4.11. The molecule has 0 heterocycles. The lowest BCUT2D eigenvalue weighted by Crippen LogP contribution is -2.10. The van der Waals surface area contributed by atoms with Gasteiger partial charge in [-0.05, 0) is 31.0 Å². The maximum absolute atomic E-state index is 5.76. The Morgan fingerprint density at radius 1 is 1.33 bits per heavy atom. The summed E-state index contributed by atoms with van der Waals surface area (Å²) < 4.78 is 10.6. The Hall–Kier alpha value is -1.22. The number of rotatable bonds is 3. The summed E-state index contributed by atoms with van der Waals surface area (Å²) in [6, 6.07) is 4.03. The van der Waals surface area contributed by atoms with Crippen LogP contribution in [0.15, 0.2) is 12.1 Å². The van der Waals surface area contributed by atoms with Crippen LogP contribution in [0.5, 0.6) is 11.5 Å². The first-order valence-electron chi connectivity index (χ1n) is 5.25. The van der Waals surface area contributed by atoms with Gasteiger partial charge in [-0.15, -0.1) is 0 Å². The minimum atomic E-state index is 0.445. The number of ether oxygens (including phenoxy) is 2. The molecular weight excluding hydrogens is 190 g/mol. The summed E-state index contributed by atoms with van der Waals surface area (Å²) in [4.78, 5) is 0. The van der Waals surface area contributed by atoms with Crippen molar-refractivity contribution in [3.8, 4) is 11.5 Å². The highest BCUT2D eigenvalue weighted by Crippen LogP contribution is 2.41. The standard InChI is InChI=1S/C12H17NO2/c1-14-10-5-8-3-4-9(7-13)12(8)11(6-10)15-2/h5-6,9H,3-4,7,13H2,1-2H3. The van der Waals surface area contributed by atoms with Crippen LogP contribution >= 0.6 is 0 Å². The smallest absolute Gasteiger partial charge is 0.126 e. The molecule has 1 unspecified atom stereocenters. The molecule has 0 spiro atoms. The molecule has 1 aliphatic rings. The molecule has 2 N–H and O–H groups in total. The van der Waals surface area contributed by atoms with Crippen molar-refractivity contribution in [3.63, 3.8) is 0 Å². The lowest BCUT2D eigenvalue weighted by molar-refractivity contribution is 0.389. The SMILES string of the molecule is COc1cc2c(c(OC)c1)C(CN)CC2. The zero-order valence-electron chi connectivity index (χ0n) is 9.25. The van der Waals surface area contributed by atoms with Gasteiger partial charge in [0.2, 0.25) is 0 Å². The molecule has 0 aromatic heterocycles. The Morgan fingerprint density at radius 3 is 2.73 bits per heavy atom. The molecule has 1 atom stereocenters. The van der Waals surface area contributed by atoms with Crippen molar-refractivity contribution in [1.29, 1.82) is 0 Å². The highest BCUT2D eigenvalue weighted by molar-refractivity contribution is 5.51. The number of hydrogen-bond acceptors (Lipinski definition) is 3. The van der Waals surface area contributed by atoms with E-state index in [2.05, 4.69) is 6.07 Å². The van der Waals surface area contributed by atoms with E-state index in [1.807, 2.05) is 6.07 Å². The molecule has 3 heteroatoms. The number of benzene rings is 1. The van der Waals surface area contributed by atoms with Crippen molar-refractivity contribution in [2.45, 2.75) is 18.8 Å². The van der Waals surface area contributed by atoms with E-state index in [1.54, 1.807) is 14.2 Å². The summed E-state index contributed by atoms with van der Waals surface area (Å²) in [6.07, 6.45) is 2.19. The van der Waals surface area contributed by atoms with E-state index in [-0.39, 0.29) is 0 Å². The second-order valence-corrected chi connectivity index (χ2v) is 3.87. The third-order valence-electron chi connectivity index (χ3n) is 3.11. The van der Waals surface area contributed by atoms with E-state index in [0.29, 0.717) is 12.5 Å². The molecule has 0 radical (unpaired) electrons. The van der Waals surface area contributed by atoms with Crippen molar-refractivity contribution in [2.75, 3.05) is 20.8 Å². The molecule has 1 aromatic rings. The molecule has 0 fully saturated rings. The fourth-order valence-electron chi connectivity index (χ4n) is 2.32. The quantitative estimate of drug-likeness (QED) is 0.820. The minimum Gasteiger partial charge on any atom is -0.497 e. The monoisotopic (exact) mass is 207 g/mol. The van der Waals surface area contributed by atoms with Crippen LogP contribution in [-0.4, -0.2) is 20.8 Å². The Morgan fingerprint density at radius 2 is 2.13 bits per heavy atom. The van der Waals surface area contributed by atoms with Gasteiger partial charge in [0.1, 0.15) is 11.5 Å². The van der Waals surface area contributed by atoms with Gasteiger partial charge >= 0.3 is 0 Å². The van der Waals surface area contributed by atoms with Gasteiger partial charge < -0.3 is 15.2 Å². The molecule has 1 aliphatic carbocycles. The fourth-order valence-corrected chi connectivity index (χ4v) is 2.32. The molecule has 3 nitrogen and oxygen atoms in total. The largest absolute Gasteiger partial charge is 0.497 e. The van der Waals surface area contributed by atoms with Crippen LogP contribution in [0.4, 0.5) is 0 Å². The maximum atomic E-state index is 5.76. The molecular formula is C12H17NO2. The summed E-state index contributed by atoms with van der Waals surface area (Å²) in [5, 5.41) is 0. The lowest BCUT2D eigenvalue weighted by Gasteiger charge is -2.14. The number of nitrogens with two attached hydrogens (primary N) is 1. The van der Waals surface area contributed by atoms with Crippen molar-refractivity contribution in [2.24, 2.45) is 5.73 Å². The summed E-state index contributed by atoms with van der Waals surface area (Å²) in [5.74, 6) is 2.22. The summed E-state index contributed by atoms with van der Waals surface area (Å²) in [6.45, 7) is 0.690. The Kier molecular flexibility index (Phi) is 2.82. The molecule has 0 saturated carbocycles. The van der Waals surface area contributed by atoms with Crippen LogP contribution in [0.2, 0.25) is 0 Å². The molecule has 15 heavy (non-hydrogen) atoms. The van der Waals surface area contributed by atoms with Gasteiger partial charge in [0.05, 0.1) is 14.2 Å². The van der Waals surface area contributed by atoms with E-state index in [4.69, 9.17) is 15.2 Å². The first-order chi connectivity index (χ1) is 7.30. The van der Waals surface area contributed by atoms with Crippen molar-refractivity contribution >= 4 is 0 Å². The average molecular weight is 207 g/mol. The van der Waals surface area contributed by atoms with Crippen LogP contribution < -0.4 is 15.2 Å². The van der Waals surface area contributed by atoms with Crippen molar-refractivity contribution in [1.82, 2.24) is 0 Å². The van der Waals surface area contributed by atoms with Gasteiger partial charge in [-0.25, -0.2) is 0 Å². The first kappa shape index (κ1) is 10.3. The normalized spacial score (nSPS) is 18.7. The van der Waals surface area contributed by atoms with Gasteiger partial charge in [-0.3, -0.25) is 0 Å². The third-order valence-corrected chi connectivity index (χ3v) is 3.11. The van der Waals surface area contributed by atoms with Crippen LogP contribution in [-0.2, 0) is 6.42 Å². The van der Waals surface area contributed by atoms with Gasteiger partial charge in [-0.2, -0.15) is 0 Å². The summed E-state index contributed by atoms with van der Waals surface area (Å²) in [7, 11) is 3.37. The van der Waals surface area contributed by atoms with Crippen LogP contribution in [0.1, 0.15) is 23.5 Å². The first-order valence-corrected chi connectivity index (χ1v) is 5.25. The van der Waals surface area contributed by atoms with Crippen LogP contribution in [0, 0.1) is 0 Å². The summed E-state index contributed by atoms with van der Waals surface area (Å²) >= 11 is 0. The van der Waals surface area contributed by atoms with Gasteiger partial charge in [0.15, 0.2) is 0 Å². The molecule has 2 rings (SSSR count). The van der Waals surface area contributed by atoms with E-state index < -0.39 is 0 Å². The molecule has 0 bridgehead atoms. The predicted molar refractivity (Wildman–Crippen MR) is 59.7 cm³/mol. The predicted octanol–water partition coefficient (Wildman–Crippen LogP) is 1.69. The van der Waals surface area contributed by atoms with E-state index in [1.165, 1.54) is 11.1 Å². The van der Waals surface area contributed by atoms with Gasteiger partial charge in [0, 0.05) is 17.5 Å². The van der Waals surface area contributed by atoms with Crippen molar-refractivity contribution in [3.05, 3.63) is 23.3 Å². The average Bonchev–Trinajstić information content (AvgIpc) is 2.70. The minimum absolute atomic E-state index is 0.445. The fraction of sp³-hybridized carbons (Fsp3) is 0.500. The molecule has 0 aliphatic heterocycles. The number of methoxy groups -OCH3 is 2. The Balaban J connectivity index is 2.48.